The molecule has 14 heavy (non-hydrogen) atoms. The van der Waals surface area contributed by atoms with Crippen molar-refractivity contribution in [2.45, 2.75) is 52.1 Å². The summed E-state index contributed by atoms with van der Waals surface area (Å²) in [5, 5.41) is 9.47. The number of carbonyl (C=O) groups is 1. The van der Waals surface area contributed by atoms with Crippen LogP contribution in [0.1, 0.15) is 46.0 Å². The molecule has 3 nitrogen and oxygen atoms in total. The van der Waals surface area contributed by atoms with Crippen molar-refractivity contribution in [2.24, 2.45) is 11.7 Å². The fraction of sp³-hybridized carbons (Fsp3) is 0.909. The molecule has 84 valence electrons. The molecule has 0 amide bonds. The fourth-order valence-corrected chi connectivity index (χ4v) is 1.36. The molecule has 0 spiro atoms. The van der Waals surface area contributed by atoms with Gasteiger partial charge in [0, 0.05) is 6.42 Å². The predicted octanol–water partition coefficient (Wildman–Crippen LogP) is 1.48. The van der Waals surface area contributed by atoms with Crippen LogP contribution in [0.2, 0.25) is 0 Å². The van der Waals surface area contributed by atoms with Crippen molar-refractivity contribution in [3.05, 3.63) is 0 Å². The van der Waals surface area contributed by atoms with Crippen molar-refractivity contribution in [3.8, 4) is 0 Å². The summed E-state index contributed by atoms with van der Waals surface area (Å²) in [4.78, 5) is 11.4. The minimum absolute atomic E-state index is 0.0179. The molecule has 0 radical (unpaired) electrons. The van der Waals surface area contributed by atoms with Gasteiger partial charge in [-0.3, -0.25) is 4.79 Å². The molecule has 0 fully saturated rings. The number of ketones is 1. The number of aliphatic hydroxyl groups is 1. The number of aliphatic hydroxyl groups excluding tert-OH is 1. The highest BCUT2D eigenvalue weighted by atomic mass is 16.3. The molecule has 0 rings (SSSR count). The molecule has 0 aliphatic carbocycles. The molecule has 0 saturated heterocycles. The standard InChI is InChI=1S/C11H23NO2/c1-9(2)8-11(14)10(13)6-4-3-5-7-12/h9,11,14H,3-8,12H2,1-2H3. The minimum Gasteiger partial charge on any atom is -0.385 e. The lowest BCUT2D eigenvalue weighted by Crippen LogP contribution is -2.21. The molecule has 1 unspecified atom stereocenters. The maximum atomic E-state index is 11.4. The molecule has 0 saturated carbocycles. The summed E-state index contributed by atoms with van der Waals surface area (Å²) in [5.74, 6) is 0.355. The Morgan fingerprint density at radius 3 is 2.43 bits per heavy atom. The van der Waals surface area contributed by atoms with E-state index in [9.17, 15) is 9.90 Å². The molecular formula is C11H23NO2. The van der Waals surface area contributed by atoms with Crippen LogP contribution >= 0.6 is 0 Å². The molecule has 0 aromatic carbocycles. The number of unbranched alkanes of at least 4 members (excludes halogenated alkanes) is 2. The SMILES string of the molecule is CC(C)CC(O)C(=O)CCCCCN. The zero-order valence-electron chi connectivity index (χ0n) is 9.33. The van der Waals surface area contributed by atoms with Gasteiger partial charge in [-0.05, 0) is 31.7 Å². The van der Waals surface area contributed by atoms with E-state index in [1.165, 1.54) is 0 Å². The van der Waals surface area contributed by atoms with Crippen molar-refractivity contribution in [2.75, 3.05) is 6.54 Å². The van der Waals surface area contributed by atoms with Crippen LogP contribution < -0.4 is 5.73 Å². The molecule has 3 heteroatoms. The van der Waals surface area contributed by atoms with E-state index in [0.717, 1.165) is 19.3 Å². The van der Waals surface area contributed by atoms with Gasteiger partial charge in [-0.1, -0.05) is 20.3 Å². The summed E-state index contributed by atoms with van der Waals surface area (Å²) in [6, 6.07) is 0. The molecule has 0 heterocycles. The molecule has 3 N–H and O–H groups in total. The van der Waals surface area contributed by atoms with Gasteiger partial charge in [-0.2, -0.15) is 0 Å². The maximum absolute atomic E-state index is 11.4. The summed E-state index contributed by atoms with van der Waals surface area (Å²) in [6.07, 6.45) is 3.12. The lowest BCUT2D eigenvalue weighted by molar-refractivity contribution is -0.127. The van der Waals surface area contributed by atoms with Gasteiger partial charge in [0.05, 0.1) is 0 Å². The molecule has 0 aliphatic rings. The molecule has 0 aromatic rings. The van der Waals surface area contributed by atoms with Crippen LogP contribution in [0, 0.1) is 5.92 Å². The number of hydrogen-bond acceptors (Lipinski definition) is 3. The van der Waals surface area contributed by atoms with Crippen LogP contribution in [0.3, 0.4) is 0 Å². The molecule has 0 aromatic heterocycles. The number of rotatable bonds is 8. The Morgan fingerprint density at radius 2 is 1.93 bits per heavy atom. The van der Waals surface area contributed by atoms with Gasteiger partial charge < -0.3 is 10.8 Å². The Balaban J connectivity index is 3.52. The van der Waals surface area contributed by atoms with Crippen LogP contribution in [0.15, 0.2) is 0 Å². The van der Waals surface area contributed by atoms with Gasteiger partial charge in [-0.15, -0.1) is 0 Å². The summed E-state index contributed by atoms with van der Waals surface area (Å²) in [6.45, 7) is 4.69. The van der Waals surface area contributed by atoms with Gasteiger partial charge in [-0.25, -0.2) is 0 Å². The van der Waals surface area contributed by atoms with Gasteiger partial charge in [0.25, 0.3) is 0 Å². The van der Waals surface area contributed by atoms with Crippen molar-refractivity contribution < 1.29 is 9.90 Å². The van der Waals surface area contributed by atoms with Crippen molar-refractivity contribution in [1.82, 2.24) is 0 Å². The zero-order chi connectivity index (χ0) is 11.0. The van der Waals surface area contributed by atoms with E-state index in [1.807, 2.05) is 13.8 Å². The Morgan fingerprint density at radius 1 is 1.29 bits per heavy atom. The minimum atomic E-state index is -0.757. The normalized spacial score (nSPS) is 13.2. The van der Waals surface area contributed by atoms with Crippen LogP contribution in [-0.2, 0) is 4.79 Å². The molecule has 0 bridgehead atoms. The van der Waals surface area contributed by atoms with E-state index in [2.05, 4.69) is 0 Å². The highest BCUT2D eigenvalue weighted by molar-refractivity contribution is 5.82. The number of carbonyl (C=O) groups excluding carboxylic acids is 1. The summed E-state index contributed by atoms with van der Waals surface area (Å²) >= 11 is 0. The van der Waals surface area contributed by atoms with Gasteiger partial charge in [0.15, 0.2) is 5.78 Å². The second kappa shape index (κ2) is 7.94. The first-order valence-electron chi connectivity index (χ1n) is 5.48. The van der Waals surface area contributed by atoms with Crippen LogP contribution in [0.5, 0.6) is 0 Å². The van der Waals surface area contributed by atoms with Crippen LogP contribution in [-0.4, -0.2) is 23.5 Å². The summed E-state index contributed by atoms with van der Waals surface area (Å²) in [5.41, 5.74) is 5.34. The summed E-state index contributed by atoms with van der Waals surface area (Å²) in [7, 11) is 0. The van der Waals surface area contributed by atoms with E-state index in [4.69, 9.17) is 5.73 Å². The quantitative estimate of drug-likeness (QED) is 0.585. The number of hydrogen-bond donors (Lipinski definition) is 2. The van der Waals surface area contributed by atoms with E-state index >= 15 is 0 Å². The first-order valence-corrected chi connectivity index (χ1v) is 5.48. The highest BCUT2D eigenvalue weighted by Crippen LogP contribution is 2.09. The summed E-state index contributed by atoms with van der Waals surface area (Å²) < 4.78 is 0. The molecule has 1 atom stereocenters. The van der Waals surface area contributed by atoms with E-state index in [-0.39, 0.29) is 5.78 Å². The van der Waals surface area contributed by atoms with Gasteiger partial charge in [0.1, 0.15) is 6.10 Å². The first kappa shape index (κ1) is 13.6. The molecular weight excluding hydrogens is 178 g/mol. The Labute approximate surface area is 86.7 Å². The van der Waals surface area contributed by atoms with Crippen molar-refractivity contribution in [3.63, 3.8) is 0 Å². The predicted molar refractivity (Wildman–Crippen MR) is 58.0 cm³/mol. The van der Waals surface area contributed by atoms with Gasteiger partial charge >= 0.3 is 0 Å². The second-order valence-corrected chi connectivity index (χ2v) is 4.21. The Bertz CT molecular complexity index is 157. The lowest BCUT2D eigenvalue weighted by atomic mass is 9.99. The fourth-order valence-electron chi connectivity index (χ4n) is 1.36. The first-order chi connectivity index (χ1) is 6.57. The lowest BCUT2D eigenvalue weighted by Gasteiger charge is -2.11. The Kier molecular flexibility index (Phi) is 7.71. The zero-order valence-corrected chi connectivity index (χ0v) is 9.33. The van der Waals surface area contributed by atoms with Crippen molar-refractivity contribution in [1.29, 1.82) is 0 Å². The third-order valence-corrected chi connectivity index (χ3v) is 2.19. The second-order valence-electron chi connectivity index (χ2n) is 4.21. The number of Topliss-reactive ketones (excluding diaryl/α,β-unsaturated/α-hetero) is 1. The van der Waals surface area contributed by atoms with E-state index in [1.54, 1.807) is 0 Å². The average molecular weight is 201 g/mol. The van der Waals surface area contributed by atoms with E-state index in [0.29, 0.717) is 25.3 Å². The third kappa shape index (κ3) is 7.04. The van der Waals surface area contributed by atoms with Crippen molar-refractivity contribution >= 4 is 5.78 Å². The van der Waals surface area contributed by atoms with E-state index < -0.39 is 6.10 Å². The average Bonchev–Trinajstić information content (AvgIpc) is 2.11. The van der Waals surface area contributed by atoms with Gasteiger partial charge in [0.2, 0.25) is 0 Å². The molecule has 0 aliphatic heterocycles. The Hall–Kier alpha value is -0.410. The van der Waals surface area contributed by atoms with Crippen LogP contribution in [0.4, 0.5) is 0 Å². The maximum Gasteiger partial charge on any atom is 0.161 e. The third-order valence-electron chi connectivity index (χ3n) is 2.19. The monoisotopic (exact) mass is 201 g/mol. The highest BCUT2D eigenvalue weighted by Gasteiger charge is 2.15. The van der Waals surface area contributed by atoms with Crippen LogP contribution in [0.25, 0.3) is 0 Å². The largest absolute Gasteiger partial charge is 0.385 e. The number of nitrogens with two attached hydrogens (primary N) is 1. The topological polar surface area (TPSA) is 63.3 Å². The smallest absolute Gasteiger partial charge is 0.161 e.